The van der Waals surface area contributed by atoms with E-state index in [0.29, 0.717) is 6.61 Å². The predicted octanol–water partition coefficient (Wildman–Crippen LogP) is 2.46. The highest BCUT2D eigenvalue weighted by molar-refractivity contribution is 5.82. The number of likely N-dealkylation sites (tertiary alicyclic amines) is 1. The van der Waals surface area contributed by atoms with E-state index >= 15 is 0 Å². The van der Waals surface area contributed by atoms with Crippen LogP contribution in [-0.2, 0) is 21.5 Å². The van der Waals surface area contributed by atoms with Crippen molar-refractivity contribution >= 4 is 5.91 Å². The van der Waals surface area contributed by atoms with Crippen molar-refractivity contribution in [3.05, 3.63) is 18.0 Å². The van der Waals surface area contributed by atoms with E-state index in [1.807, 2.05) is 24.9 Å². The van der Waals surface area contributed by atoms with Crippen LogP contribution >= 0.6 is 0 Å². The summed E-state index contributed by atoms with van der Waals surface area (Å²) in [5.41, 5.74) is 0.820. The number of aryl methyl sites for hydroxylation is 1. The highest BCUT2D eigenvalue weighted by atomic mass is 16.5. The number of methoxy groups -OCH3 is 1. The van der Waals surface area contributed by atoms with Crippen molar-refractivity contribution in [2.45, 2.75) is 52.5 Å². The van der Waals surface area contributed by atoms with Crippen LogP contribution < -0.4 is 0 Å². The summed E-state index contributed by atoms with van der Waals surface area (Å²) in [5.74, 6) is 0.186. The second kappa shape index (κ2) is 6.41. The standard InChI is InChI=1S/C17H29N3O2/c1-6-14-11-18-20(12-14)17(4)7-9-19(10-8-17)15(21)16(2,3)13-22-5/h11-12H,6-10,13H2,1-5H3. The second-order valence-corrected chi connectivity index (χ2v) is 7.25. The highest BCUT2D eigenvalue weighted by Gasteiger charge is 2.38. The maximum Gasteiger partial charge on any atom is 0.230 e. The van der Waals surface area contributed by atoms with Crippen molar-refractivity contribution in [1.29, 1.82) is 0 Å². The Balaban J connectivity index is 2.01. The number of amides is 1. The maximum atomic E-state index is 12.6. The van der Waals surface area contributed by atoms with E-state index in [9.17, 15) is 4.79 Å². The topological polar surface area (TPSA) is 47.4 Å². The molecule has 0 radical (unpaired) electrons. The molecule has 0 aliphatic carbocycles. The van der Waals surface area contributed by atoms with Gasteiger partial charge < -0.3 is 9.64 Å². The molecule has 1 saturated heterocycles. The van der Waals surface area contributed by atoms with Gasteiger partial charge in [-0.15, -0.1) is 0 Å². The molecule has 0 aromatic carbocycles. The van der Waals surface area contributed by atoms with E-state index in [2.05, 4.69) is 29.8 Å². The third-order valence-electron chi connectivity index (χ3n) is 4.81. The molecule has 1 amide bonds. The summed E-state index contributed by atoms with van der Waals surface area (Å²) in [6.45, 7) is 10.3. The van der Waals surface area contributed by atoms with Crippen molar-refractivity contribution in [1.82, 2.24) is 14.7 Å². The average molecular weight is 307 g/mol. The number of aromatic nitrogens is 2. The lowest BCUT2D eigenvalue weighted by molar-refractivity contribution is -0.145. The van der Waals surface area contributed by atoms with Gasteiger partial charge >= 0.3 is 0 Å². The average Bonchev–Trinajstić information content (AvgIpc) is 2.97. The van der Waals surface area contributed by atoms with Crippen molar-refractivity contribution in [3.63, 3.8) is 0 Å². The van der Waals surface area contributed by atoms with Crippen molar-refractivity contribution in [2.24, 2.45) is 5.41 Å². The first-order valence-corrected chi connectivity index (χ1v) is 8.15. The molecule has 0 atom stereocenters. The summed E-state index contributed by atoms with van der Waals surface area (Å²) >= 11 is 0. The maximum absolute atomic E-state index is 12.6. The summed E-state index contributed by atoms with van der Waals surface area (Å²) in [4.78, 5) is 14.6. The third kappa shape index (κ3) is 3.35. The van der Waals surface area contributed by atoms with Crippen LogP contribution in [0.4, 0.5) is 0 Å². The van der Waals surface area contributed by atoms with E-state index in [1.165, 1.54) is 5.56 Å². The van der Waals surface area contributed by atoms with E-state index in [-0.39, 0.29) is 11.4 Å². The SMILES string of the molecule is CCc1cnn(C2(C)CCN(C(=O)C(C)(C)COC)CC2)c1. The number of hydrogen-bond donors (Lipinski definition) is 0. The molecular weight excluding hydrogens is 278 g/mol. The largest absolute Gasteiger partial charge is 0.384 e. The molecule has 22 heavy (non-hydrogen) atoms. The summed E-state index contributed by atoms with van der Waals surface area (Å²) in [6.07, 6.45) is 6.97. The zero-order valence-electron chi connectivity index (χ0n) is 14.6. The fraction of sp³-hybridized carbons (Fsp3) is 0.765. The molecule has 0 N–H and O–H groups in total. The normalized spacial score (nSPS) is 18.5. The molecule has 2 rings (SSSR count). The molecule has 1 aliphatic rings. The molecule has 5 nitrogen and oxygen atoms in total. The third-order valence-corrected chi connectivity index (χ3v) is 4.81. The Labute approximate surface area is 133 Å². The van der Waals surface area contributed by atoms with E-state index in [0.717, 1.165) is 32.4 Å². The number of piperidine rings is 1. The Bertz CT molecular complexity index is 514. The fourth-order valence-corrected chi connectivity index (χ4v) is 3.11. The van der Waals surface area contributed by atoms with Crippen LogP contribution in [0, 0.1) is 5.41 Å². The molecule has 0 saturated carbocycles. The first-order valence-electron chi connectivity index (χ1n) is 8.15. The summed E-state index contributed by atoms with van der Waals surface area (Å²) in [6, 6.07) is 0. The summed E-state index contributed by atoms with van der Waals surface area (Å²) < 4.78 is 7.27. The van der Waals surface area contributed by atoms with Crippen molar-refractivity contribution in [3.8, 4) is 0 Å². The molecule has 124 valence electrons. The molecule has 5 heteroatoms. The molecule has 1 aromatic rings. The van der Waals surface area contributed by atoms with Gasteiger partial charge in [0.1, 0.15) is 0 Å². The fourth-order valence-electron chi connectivity index (χ4n) is 3.11. The smallest absolute Gasteiger partial charge is 0.230 e. The Morgan fingerprint density at radius 3 is 2.55 bits per heavy atom. The van der Waals surface area contributed by atoms with Crippen LogP contribution in [0.25, 0.3) is 0 Å². The number of carbonyl (C=O) groups is 1. The van der Waals surface area contributed by atoms with Gasteiger partial charge in [-0.2, -0.15) is 5.10 Å². The van der Waals surface area contributed by atoms with Gasteiger partial charge in [0.2, 0.25) is 5.91 Å². The Kier molecular flexibility index (Phi) is 4.95. The highest BCUT2D eigenvalue weighted by Crippen LogP contribution is 2.31. The molecule has 0 spiro atoms. The van der Waals surface area contributed by atoms with Gasteiger partial charge in [0.25, 0.3) is 0 Å². The molecular formula is C17H29N3O2. The van der Waals surface area contributed by atoms with Crippen LogP contribution in [0.5, 0.6) is 0 Å². The molecule has 1 fully saturated rings. The predicted molar refractivity (Wildman–Crippen MR) is 86.7 cm³/mol. The van der Waals surface area contributed by atoms with Gasteiger partial charge in [-0.25, -0.2) is 0 Å². The Hall–Kier alpha value is -1.36. The number of rotatable bonds is 5. The molecule has 0 unspecified atom stereocenters. The minimum Gasteiger partial charge on any atom is -0.384 e. The number of carbonyl (C=O) groups excluding carboxylic acids is 1. The van der Waals surface area contributed by atoms with Gasteiger partial charge in [0.15, 0.2) is 0 Å². The first-order chi connectivity index (χ1) is 10.3. The number of hydrogen-bond acceptors (Lipinski definition) is 3. The molecule has 2 heterocycles. The zero-order chi connectivity index (χ0) is 16.4. The van der Waals surface area contributed by atoms with Gasteiger partial charge in [0.05, 0.1) is 23.8 Å². The number of ether oxygens (including phenoxy) is 1. The van der Waals surface area contributed by atoms with Gasteiger partial charge in [-0.3, -0.25) is 9.48 Å². The van der Waals surface area contributed by atoms with Gasteiger partial charge in [-0.05, 0) is 45.6 Å². The van der Waals surface area contributed by atoms with E-state index < -0.39 is 5.41 Å². The molecule has 1 aliphatic heterocycles. The van der Waals surface area contributed by atoms with Crippen LogP contribution in [0.1, 0.15) is 46.1 Å². The van der Waals surface area contributed by atoms with Crippen LogP contribution in [0.3, 0.4) is 0 Å². The van der Waals surface area contributed by atoms with Gasteiger partial charge in [0, 0.05) is 26.4 Å². The molecule has 0 bridgehead atoms. The quantitative estimate of drug-likeness (QED) is 0.839. The van der Waals surface area contributed by atoms with Crippen LogP contribution in [-0.4, -0.2) is 47.4 Å². The summed E-state index contributed by atoms with van der Waals surface area (Å²) in [7, 11) is 1.64. The zero-order valence-corrected chi connectivity index (χ0v) is 14.6. The first kappa shape index (κ1) is 17.0. The van der Waals surface area contributed by atoms with Crippen molar-refractivity contribution in [2.75, 3.05) is 26.8 Å². The van der Waals surface area contributed by atoms with E-state index in [4.69, 9.17) is 4.74 Å². The monoisotopic (exact) mass is 307 g/mol. The minimum absolute atomic E-state index is 0.00952. The number of nitrogens with zero attached hydrogens (tertiary/aromatic N) is 3. The minimum atomic E-state index is -0.455. The lowest BCUT2D eigenvalue weighted by Gasteiger charge is -2.42. The second-order valence-electron chi connectivity index (χ2n) is 7.25. The van der Waals surface area contributed by atoms with Crippen LogP contribution in [0.15, 0.2) is 12.4 Å². The Morgan fingerprint density at radius 1 is 1.41 bits per heavy atom. The summed E-state index contributed by atoms with van der Waals surface area (Å²) in [5, 5.41) is 4.52. The molecule has 1 aromatic heterocycles. The van der Waals surface area contributed by atoms with Crippen molar-refractivity contribution < 1.29 is 9.53 Å². The van der Waals surface area contributed by atoms with Gasteiger partial charge in [-0.1, -0.05) is 6.92 Å². The lowest BCUT2D eigenvalue weighted by atomic mass is 9.86. The Morgan fingerprint density at radius 2 is 2.05 bits per heavy atom. The lowest BCUT2D eigenvalue weighted by Crippen LogP contribution is -2.51. The van der Waals surface area contributed by atoms with E-state index in [1.54, 1.807) is 7.11 Å². The van der Waals surface area contributed by atoms with Crippen LogP contribution in [0.2, 0.25) is 0 Å².